The summed E-state index contributed by atoms with van der Waals surface area (Å²) in [4.78, 5) is 16.2. The smallest absolute Gasteiger partial charge is 0.235 e. The SMILES string of the molecule is Cc1ncccc1NC(=O)C(C(N)=NO)C(C)C. The Labute approximate surface area is 106 Å². The van der Waals surface area contributed by atoms with E-state index in [1.807, 2.05) is 13.8 Å². The first kappa shape index (κ1) is 14.0. The molecule has 1 aromatic rings. The van der Waals surface area contributed by atoms with Crippen molar-refractivity contribution in [3.63, 3.8) is 0 Å². The number of aromatic nitrogens is 1. The summed E-state index contributed by atoms with van der Waals surface area (Å²) in [5.41, 5.74) is 6.87. The van der Waals surface area contributed by atoms with E-state index in [4.69, 9.17) is 10.9 Å². The summed E-state index contributed by atoms with van der Waals surface area (Å²) in [7, 11) is 0. The molecule has 1 unspecified atom stereocenters. The first-order chi connectivity index (χ1) is 8.47. The molecular formula is C12H18N4O2. The van der Waals surface area contributed by atoms with E-state index < -0.39 is 5.92 Å². The molecule has 1 aromatic heterocycles. The Bertz CT molecular complexity index is 457. The van der Waals surface area contributed by atoms with Crippen molar-refractivity contribution in [1.29, 1.82) is 0 Å². The molecule has 4 N–H and O–H groups in total. The fourth-order valence-electron chi connectivity index (χ4n) is 1.67. The maximum atomic E-state index is 12.1. The second-order valence-electron chi connectivity index (χ2n) is 4.37. The number of pyridine rings is 1. The molecule has 0 radical (unpaired) electrons. The number of anilines is 1. The van der Waals surface area contributed by atoms with Crippen LogP contribution in [0.5, 0.6) is 0 Å². The van der Waals surface area contributed by atoms with Gasteiger partial charge in [-0.3, -0.25) is 9.78 Å². The predicted molar refractivity (Wildman–Crippen MR) is 69.3 cm³/mol. The van der Waals surface area contributed by atoms with E-state index in [1.54, 1.807) is 25.3 Å². The topological polar surface area (TPSA) is 101 Å². The minimum atomic E-state index is -0.672. The normalized spacial score (nSPS) is 13.4. The fourth-order valence-corrected chi connectivity index (χ4v) is 1.67. The standard InChI is InChI=1S/C12H18N4O2/c1-7(2)10(11(13)16-18)12(17)15-9-5-4-6-14-8(9)3/h4-7,10,18H,1-3H3,(H2,13,16)(H,15,17). The lowest BCUT2D eigenvalue weighted by atomic mass is 9.93. The zero-order chi connectivity index (χ0) is 13.7. The second-order valence-corrected chi connectivity index (χ2v) is 4.37. The zero-order valence-corrected chi connectivity index (χ0v) is 10.7. The summed E-state index contributed by atoms with van der Waals surface area (Å²) in [6, 6.07) is 3.49. The maximum absolute atomic E-state index is 12.1. The molecule has 1 amide bonds. The first-order valence-electron chi connectivity index (χ1n) is 5.67. The Kier molecular flexibility index (Phi) is 4.65. The molecule has 0 fully saturated rings. The number of hydrogen-bond acceptors (Lipinski definition) is 4. The number of nitrogens with one attached hydrogen (secondary N) is 1. The van der Waals surface area contributed by atoms with Crippen LogP contribution in [0, 0.1) is 18.8 Å². The van der Waals surface area contributed by atoms with Crippen molar-refractivity contribution in [3.8, 4) is 0 Å². The van der Waals surface area contributed by atoms with Crippen molar-refractivity contribution in [3.05, 3.63) is 24.0 Å². The highest BCUT2D eigenvalue weighted by Gasteiger charge is 2.27. The number of nitrogens with zero attached hydrogens (tertiary/aromatic N) is 2. The summed E-state index contributed by atoms with van der Waals surface area (Å²) in [6.45, 7) is 5.46. The molecule has 1 rings (SSSR count). The molecule has 0 bridgehead atoms. The molecule has 0 aliphatic rings. The summed E-state index contributed by atoms with van der Waals surface area (Å²) in [5.74, 6) is -1.15. The van der Waals surface area contributed by atoms with Gasteiger partial charge >= 0.3 is 0 Å². The van der Waals surface area contributed by atoms with Crippen LogP contribution in [0.3, 0.4) is 0 Å². The number of amides is 1. The minimum absolute atomic E-state index is 0.0714. The van der Waals surface area contributed by atoms with E-state index in [1.165, 1.54) is 0 Å². The predicted octanol–water partition coefficient (Wildman–Crippen LogP) is 1.35. The third-order valence-electron chi connectivity index (χ3n) is 2.65. The molecule has 18 heavy (non-hydrogen) atoms. The van der Waals surface area contributed by atoms with Crippen LogP contribution in [0.25, 0.3) is 0 Å². The molecule has 0 aliphatic carbocycles. The minimum Gasteiger partial charge on any atom is -0.409 e. The van der Waals surface area contributed by atoms with Crippen molar-refractivity contribution in [2.75, 3.05) is 5.32 Å². The van der Waals surface area contributed by atoms with Gasteiger partial charge in [-0.2, -0.15) is 0 Å². The van der Waals surface area contributed by atoms with E-state index in [-0.39, 0.29) is 17.7 Å². The number of carbonyl (C=O) groups is 1. The summed E-state index contributed by atoms with van der Waals surface area (Å²) < 4.78 is 0. The molecule has 0 spiro atoms. The van der Waals surface area contributed by atoms with Crippen LogP contribution in [-0.2, 0) is 4.79 Å². The molecular weight excluding hydrogens is 232 g/mol. The van der Waals surface area contributed by atoms with Gasteiger partial charge < -0.3 is 16.3 Å². The highest BCUT2D eigenvalue weighted by atomic mass is 16.4. The van der Waals surface area contributed by atoms with Crippen LogP contribution in [0.4, 0.5) is 5.69 Å². The molecule has 98 valence electrons. The molecule has 1 heterocycles. The molecule has 6 heteroatoms. The van der Waals surface area contributed by atoms with E-state index in [9.17, 15) is 4.79 Å². The van der Waals surface area contributed by atoms with Crippen LogP contribution in [0.2, 0.25) is 0 Å². The Morgan fingerprint density at radius 3 is 2.72 bits per heavy atom. The Morgan fingerprint density at radius 1 is 1.56 bits per heavy atom. The van der Waals surface area contributed by atoms with Crippen LogP contribution in [0.1, 0.15) is 19.5 Å². The lowest BCUT2D eigenvalue weighted by molar-refractivity contribution is -0.119. The van der Waals surface area contributed by atoms with Crippen molar-refractivity contribution in [1.82, 2.24) is 4.98 Å². The Balaban J connectivity index is 2.90. The third-order valence-corrected chi connectivity index (χ3v) is 2.65. The van der Waals surface area contributed by atoms with Gasteiger partial charge in [-0.15, -0.1) is 0 Å². The van der Waals surface area contributed by atoms with E-state index in [0.29, 0.717) is 11.4 Å². The average Bonchev–Trinajstić information content (AvgIpc) is 2.31. The molecule has 0 saturated carbocycles. The number of carbonyl (C=O) groups excluding carboxylic acids is 1. The van der Waals surface area contributed by atoms with Gasteiger partial charge in [0.2, 0.25) is 5.91 Å². The number of hydrogen-bond donors (Lipinski definition) is 3. The van der Waals surface area contributed by atoms with Crippen molar-refractivity contribution < 1.29 is 10.0 Å². The van der Waals surface area contributed by atoms with Gasteiger partial charge in [0, 0.05) is 6.20 Å². The van der Waals surface area contributed by atoms with Gasteiger partial charge in [0.25, 0.3) is 0 Å². The number of amidine groups is 1. The van der Waals surface area contributed by atoms with E-state index in [2.05, 4.69) is 15.5 Å². The summed E-state index contributed by atoms with van der Waals surface area (Å²) in [5, 5.41) is 14.3. The first-order valence-corrected chi connectivity index (χ1v) is 5.67. The maximum Gasteiger partial charge on any atom is 0.235 e. The number of aryl methyl sites for hydroxylation is 1. The highest BCUT2D eigenvalue weighted by molar-refractivity contribution is 6.08. The lowest BCUT2D eigenvalue weighted by Gasteiger charge is -2.19. The summed E-state index contributed by atoms with van der Waals surface area (Å²) >= 11 is 0. The number of rotatable bonds is 4. The van der Waals surface area contributed by atoms with Crippen molar-refractivity contribution >= 4 is 17.4 Å². The van der Waals surface area contributed by atoms with Gasteiger partial charge in [0.1, 0.15) is 5.92 Å². The number of oxime groups is 1. The van der Waals surface area contributed by atoms with E-state index in [0.717, 1.165) is 0 Å². The third kappa shape index (κ3) is 3.19. The Morgan fingerprint density at radius 2 is 2.22 bits per heavy atom. The van der Waals surface area contributed by atoms with Crippen molar-refractivity contribution in [2.24, 2.45) is 22.7 Å². The molecule has 0 aromatic carbocycles. The van der Waals surface area contributed by atoms with Gasteiger partial charge in [-0.25, -0.2) is 0 Å². The largest absolute Gasteiger partial charge is 0.409 e. The molecule has 1 atom stereocenters. The summed E-state index contributed by atoms with van der Waals surface area (Å²) in [6.07, 6.45) is 1.65. The van der Waals surface area contributed by atoms with Gasteiger partial charge in [-0.05, 0) is 25.0 Å². The number of nitrogens with two attached hydrogens (primary N) is 1. The van der Waals surface area contributed by atoms with Crippen LogP contribution >= 0.6 is 0 Å². The molecule has 0 saturated heterocycles. The fraction of sp³-hybridized carbons (Fsp3) is 0.417. The van der Waals surface area contributed by atoms with Crippen LogP contribution < -0.4 is 11.1 Å². The second kappa shape index (κ2) is 6.00. The quantitative estimate of drug-likeness (QED) is 0.325. The average molecular weight is 250 g/mol. The van der Waals surface area contributed by atoms with Crippen LogP contribution in [0.15, 0.2) is 23.5 Å². The van der Waals surface area contributed by atoms with Gasteiger partial charge in [0.05, 0.1) is 11.4 Å². The lowest BCUT2D eigenvalue weighted by Crippen LogP contribution is -2.38. The van der Waals surface area contributed by atoms with Gasteiger partial charge in [-0.1, -0.05) is 19.0 Å². The molecule has 6 nitrogen and oxygen atoms in total. The molecule has 0 aliphatic heterocycles. The van der Waals surface area contributed by atoms with Crippen molar-refractivity contribution in [2.45, 2.75) is 20.8 Å². The van der Waals surface area contributed by atoms with E-state index >= 15 is 0 Å². The van der Waals surface area contributed by atoms with Crippen LogP contribution in [-0.4, -0.2) is 21.9 Å². The highest BCUT2D eigenvalue weighted by Crippen LogP contribution is 2.16. The monoisotopic (exact) mass is 250 g/mol. The van der Waals surface area contributed by atoms with Gasteiger partial charge in [0.15, 0.2) is 5.84 Å². The zero-order valence-electron chi connectivity index (χ0n) is 10.7. The Hall–Kier alpha value is -2.11.